The van der Waals surface area contributed by atoms with Crippen molar-refractivity contribution in [2.45, 2.75) is 13.8 Å². The number of carbonyl (C=O) groups is 4. The molecule has 2 heterocycles. The van der Waals surface area contributed by atoms with Crippen molar-refractivity contribution in [2.75, 3.05) is 0 Å². The minimum atomic E-state index is -0.806. The number of hydrogen-bond acceptors (Lipinski definition) is 4. The summed E-state index contributed by atoms with van der Waals surface area (Å²) in [5, 5.41) is 1.22. The molecule has 0 atom stereocenters. The van der Waals surface area contributed by atoms with E-state index in [1.165, 1.54) is 35.4 Å². The minimum Gasteiger partial charge on any atom is -0.294 e. The molecule has 0 aliphatic carbocycles. The van der Waals surface area contributed by atoms with Gasteiger partial charge in [-0.1, -0.05) is 36.4 Å². The summed E-state index contributed by atoms with van der Waals surface area (Å²) in [4.78, 5) is 49.9. The van der Waals surface area contributed by atoms with E-state index < -0.39 is 11.8 Å². The quantitative estimate of drug-likeness (QED) is 0.394. The van der Waals surface area contributed by atoms with Crippen molar-refractivity contribution in [2.24, 2.45) is 0 Å². The maximum atomic E-state index is 13.0. The lowest BCUT2D eigenvalue weighted by Gasteiger charge is -2.05. The van der Waals surface area contributed by atoms with E-state index >= 15 is 0 Å². The van der Waals surface area contributed by atoms with E-state index in [1.807, 2.05) is 0 Å². The van der Waals surface area contributed by atoms with Crippen molar-refractivity contribution in [1.82, 2.24) is 9.13 Å². The van der Waals surface area contributed by atoms with Gasteiger partial charge >= 0.3 is 11.8 Å². The van der Waals surface area contributed by atoms with Gasteiger partial charge in [0.2, 0.25) is 0 Å². The van der Waals surface area contributed by atoms with E-state index in [9.17, 15) is 19.2 Å². The molecule has 4 rings (SSSR count). The summed E-state index contributed by atoms with van der Waals surface area (Å²) < 4.78 is 2.38. The van der Waals surface area contributed by atoms with Crippen molar-refractivity contribution < 1.29 is 19.2 Å². The van der Waals surface area contributed by atoms with Gasteiger partial charge in [-0.15, -0.1) is 0 Å². The fraction of sp³-hybridized carbons (Fsp3) is 0.0909. The van der Waals surface area contributed by atoms with Gasteiger partial charge in [-0.2, -0.15) is 0 Å². The van der Waals surface area contributed by atoms with Gasteiger partial charge < -0.3 is 0 Å². The summed E-state index contributed by atoms with van der Waals surface area (Å²) >= 11 is 0. The molecule has 0 saturated carbocycles. The van der Waals surface area contributed by atoms with Gasteiger partial charge in [0.05, 0.1) is 11.0 Å². The fourth-order valence-electron chi connectivity index (χ4n) is 3.46. The monoisotopic (exact) mass is 372 g/mol. The highest BCUT2D eigenvalue weighted by Gasteiger charge is 2.25. The van der Waals surface area contributed by atoms with Crippen LogP contribution >= 0.6 is 0 Å². The first-order valence-electron chi connectivity index (χ1n) is 8.71. The molecule has 0 N–H and O–H groups in total. The standard InChI is InChI=1S/C22H16N2O4/c1-13(25)17-11-23(19-9-5-3-7-15(17)19)21(27)22(28)24-12-18(14(2)26)16-8-4-6-10-20(16)24/h3-12H,1-2H3. The van der Waals surface area contributed by atoms with Crippen LogP contribution in [-0.2, 0) is 0 Å². The van der Waals surface area contributed by atoms with E-state index in [-0.39, 0.29) is 11.6 Å². The van der Waals surface area contributed by atoms with Gasteiger partial charge in [0.1, 0.15) is 0 Å². The molecule has 0 spiro atoms. The van der Waals surface area contributed by atoms with Crippen molar-refractivity contribution in [3.05, 3.63) is 72.1 Å². The van der Waals surface area contributed by atoms with Crippen molar-refractivity contribution in [3.8, 4) is 0 Å². The zero-order valence-corrected chi connectivity index (χ0v) is 15.3. The Labute approximate surface area is 160 Å². The lowest BCUT2D eigenvalue weighted by Crippen LogP contribution is -2.26. The smallest absolute Gasteiger partial charge is 0.294 e. The number of carbonyl (C=O) groups excluding carboxylic acids is 4. The number of Topliss-reactive ketones (excluding diaryl/α,β-unsaturated/α-hetero) is 2. The van der Waals surface area contributed by atoms with E-state index in [0.29, 0.717) is 32.9 Å². The first-order chi connectivity index (χ1) is 13.4. The van der Waals surface area contributed by atoms with Crippen LogP contribution in [0.4, 0.5) is 0 Å². The Morgan fingerprint density at radius 1 is 0.607 bits per heavy atom. The summed E-state index contributed by atoms with van der Waals surface area (Å²) in [7, 11) is 0. The van der Waals surface area contributed by atoms with E-state index in [2.05, 4.69) is 0 Å². The number of nitrogens with zero attached hydrogens (tertiary/aromatic N) is 2. The Balaban J connectivity index is 1.88. The molecule has 0 aliphatic heterocycles. The number of rotatable bonds is 2. The second-order valence-corrected chi connectivity index (χ2v) is 6.58. The van der Waals surface area contributed by atoms with Gasteiger partial charge in [0.25, 0.3) is 0 Å². The molecule has 138 valence electrons. The van der Waals surface area contributed by atoms with Gasteiger partial charge in [0.15, 0.2) is 11.6 Å². The molecule has 0 amide bonds. The Morgan fingerprint density at radius 3 is 1.32 bits per heavy atom. The molecular formula is C22H16N2O4. The maximum Gasteiger partial charge on any atom is 0.321 e. The number of ketones is 2. The number of benzene rings is 2. The molecule has 6 heteroatoms. The van der Waals surface area contributed by atoms with Gasteiger partial charge in [-0.05, 0) is 26.0 Å². The summed E-state index contributed by atoms with van der Waals surface area (Å²) in [6.07, 6.45) is 2.79. The molecule has 0 aliphatic rings. The third-order valence-electron chi connectivity index (χ3n) is 4.80. The highest BCUT2D eigenvalue weighted by atomic mass is 16.2. The first-order valence-corrected chi connectivity index (χ1v) is 8.71. The Bertz CT molecular complexity index is 1200. The van der Waals surface area contributed by atoms with Gasteiger partial charge in [-0.25, -0.2) is 0 Å². The van der Waals surface area contributed by atoms with Crippen molar-refractivity contribution in [3.63, 3.8) is 0 Å². The number of aromatic nitrogens is 2. The van der Waals surface area contributed by atoms with Crippen LogP contribution in [-0.4, -0.2) is 32.5 Å². The molecule has 28 heavy (non-hydrogen) atoms. The molecule has 2 aromatic carbocycles. The zero-order chi connectivity index (χ0) is 20.0. The maximum absolute atomic E-state index is 13.0. The predicted octanol–water partition coefficient (Wildman–Crippen LogP) is 3.98. The van der Waals surface area contributed by atoms with Crippen LogP contribution in [0.2, 0.25) is 0 Å². The van der Waals surface area contributed by atoms with Crippen molar-refractivity contribution >= 4 is 45.2 Å². The Hall–Kier alpha value is -3.80. The molecular weight excluding hydrogens is 356 g/mol. The number of fused-ring (bicyclic) bond motifs is 2. The molecule has 0 unspecified atom stereocenters. The Morgan fingerprint density at radius 2 is 0.964 bits per heavy atom. The summed E-state index contributed by atoms with van der Waals surface area (Å²) in [5.41, 5.74) is 1.71. The normalized spacial score (nSPS) is 11.1. The van der Waals surface area contributed by atoms with Crippen LogP contribution < -0.4 is 0 Å². The minimum absolute atomic E-state index is 0.194. The number of hydrogen-bond donors (Lipinski definition) is 0. The summed E-state index contributed by atoms with van der Waals surface area (Å²) in [6, 6.07) is 13.8. The van der Waals surface area contributed by atoms with Gasteiger partial charge in [-0.3, -0.25) is 28.3 Å². The second kappa shape index (κ2) is 6.42. The SMILES string of the molecule is CC(=O)c1cn(C(=O)C(=O)n2cc(C(C)=O)c3ccccc32)c2ccccc12. The largest absolute Gasteiger partial charge is 0.321 e. The summed E-state index contributed by atoms with van der Waals surface area (Å²) in [6.45, 7) is 2.83. The molecule has 0 saturated heterocycles. The highest BCUT2D eigenvalue weighted by Crippen LogP contribution is 2.24. The number of para-hydroxylation sites is 2. The van der Waals surface area contributed by atoms with Crippen LogP contribution in [0.5, 0.6) is 0 Å². The van der Waals surface area contributed by atoms with E-state index in [1.54, 1.807) is 48.5 Å². The topological polar surface area (TPSA) is 78.1 Å². The van der Waals surface area contributed by atoms with Crippen LogP contribution in [0.15, 0.2) is 60.9 Å². The van der Waals surface area contributed by atoms with E-state index in [4.69, 9.17) is 0 Å². The van der Waals surface area contributed by atoms with Crippen LogP contribution in [0, 0.1) is 0 Å². The fourth-order valence-corrected chi connectivity index (χ4v) is 3.46. The molecule has 2 aromatic heterocycles. The molecule has 0 radical (unpaired) electrons. The third kappa shape index (κ3) is 2.58. The molecule has 4 aromatic rings. The summed E-state index contributed by atoms with van der Waals surface area (Å²) in [5.74, 6) is -2.00. The Kier molecular flexibility index (Phi) is 4.04. The van der Waals surface area contributed by atoms with Crippen LogP contribution in [0.25, 0.3) is 21.8 Å². The van der Waals surface area contributed by atoms with Crippen molar-refractivity contribution in [1.29, 1.82) is 0 Å². The van der Waals surface area contributed by atoms with Gasteiger partial charge in [0, 0.05) is 34.3 Å². The zero-order valence-electron chi connectivity index (χ0n) is 15.3. The predicted molar refractivity (Wildman–Crippen MR) is 105 cm³/mol. The highest BCUT2D eigenvalue weighted by molar-refractivity contribution is 6.39. The average Bonchev–Trinajstić information content (AvgIpc) is 3.26. The molecule has 6 nitrogen and oxygen atoms in total. The lowest BCUT2D eigenvalue weighted by atomic mass is 10.1. The molecule has 0 fully saturated rings. The van der Waals surface area contributed by atoms with Crippen LogP contribution in [0.1, 0.15) is 44.2 Å². The average molecular weight is 372 g/mol. The third-order valence-corrected chi connectivity index (χ3v) is 4.80. The first kappa shape index (κ1) is 17.6. The lowest BCUT2D eigenvalue weighted by molar-refractivity contribution is 0.0722. The second-order valence-electron chi connectivity index (χ2n) is 6.58. The van der Waals surface area contributed by atoms with E-state index in [0.717, 1.165) is 0 Å². The van der Waals surface area contributed by atoms with Crippen LogP contribution in [0.3, 0.4) is 0 Å². The molecule has 0 bridgehead atoms.